The zero-order chi connectivity index (χ0) is 11.7. The Kier molecular flexibility index (Phi) is 3.07. The Morgan fingerprint density at radius 1 is 1.56 bits per heavy atom. The van der Waals surface area contributed by atoms with E-state index in [0.29, 0.717) is 5.56 Å². The first-order chi connectivity index (χ1) is 7.59. The molecule has 0 bridgehead atoms. The Balaban J connectivity index is 2.44. The van der Waals surface area contributed by atoms with Crippen LogP contribution >= 0.6 is 11.6 Å². The lowest BCUT2D eigenvalue weighted by Gasteiger charge is -2.11. The van der Waals surface area contributed by atoms with Gasteiger partial charge in [-0.2, -0.15) is 0 Å². The molecule has 2 rings (SSSR count). The molecule has 1 fully saturated rings. The summed E-state index contributed by atoms with van der Waals surface area (Å²) in [7, 11) is 0. The first-order valence-electron chi connectivity index (χ1n) is 4.96. The summed E-state index contributed by atoms with van der Waals surface area (Å²) >= 11 is 5.60. The van der Waals surface area contributed by atoms with E-state index >= 15 is 0 Å². The number of nitro groups is 1. The van der Waals surface area contributed by atoms with E-state index in [-0.39, 0.29) is 16.8 Å². The van der Waals surface area contributed by atoms with Crippen LogP contribution in [-0.2, 0) is 0 Å². The van der Waals surface area contributed by atoms with Crippen molar-refractivity contribution in [2.75, 3.05) is 6.54 Å². The molecule has 1 aromatic rings. The van der Waals surface area contributed by atoms with Crippen LogP contribution in [0.5, 0.6) is 0 Å². The number of hydrogen-bond donors (Lipinski definition) is 1. The molecule has 1 atom stereocenters. The molecule has 1 N–H and O–H groups in total. The maximum Gasteiger partial charge on any atom is 0.288 e. The van der Waals surface area contributed by atoms with Crippen molar-refractivity contribution >= 4 is 17.3 Å². The van der Waals surface area contributed by atoms with Crippen molar-refractivity contribution in [2.24, 2.45) is 0 Å². The van der Waals surface area contributed by atoms with Gasteiger partial charge in [0.2, 0.25) is 0 Å². The van der Waals surface area contributed by atoms with Crippen molar-refractivity contribution in [3.63, 3.8) is 0 Å². The zero-order valence-corrected chi connectivity index (χ0v) is 9.13. The van der Waals surface area contributed by atoms with E-state index in [4.69, 9.17) is 11.6 Å². The van der Waals surface area contributed by atoms with E-state index in [0.717, 1.165) is 25.5 Å². The molecule has 0 radical (unpaired) electrons. The Morgan fingerprint density at radius 3 is 2.88 bits per heavy atom. The summed E-state index contributed by atoms with van der Waals surface area (Å²) in [6, 6.07) is 2.09. The first-order valence-corrected chi connectivity index (χ1v) is 5.34. The zero-order valence-electron chi connectivity index (χ0n) is 8.37. The van der Waals surface area contributed by atoms with Gasteiger partial charge >= 0.3 is 0 Å². The molecule has 16 heavy (non-hydrogen) atoms. The summed E-state index contributed by atoms with van der Waals surface area (Å²) in [6.45, 7) is 0.806. The van der Waals surface area contributed by atoms with E-state index in [1.165, 1.54) is 6.07 Å². The lowest BCUT2D eigenvalue weighted by atomic mass is 10.0. The lowest BCUT2D eigenvalue weighted by molar-refractivity contribution is -0.384. The molecular weight excluding hydrogens is 235 g/mol. The average Bonchev–Trinajstić information content (AvgIpc) is 2.70. The van der Waals surface area contributed by atoms with Gasteiger partial charge in [0.15, 0.2) is 0 Å². The predicted octanol–water partition coefficient (Wildman–Crippen LogP) is 2.81. The maximum absolute atomic E-state index is 13.6. The molecule has 0 saturated carbocycles. The molecule has 1 aliphatic heterocycles. The fourth-order valence-corrected chi connectivity index (χ4v) is 2.13. The Labute approximate surface area is 96.6 Å². The van der Waals surface area contributed by atoms with Gasteiger partial charge in [0.1, 0.15) is 10.8 Å². The SMILES string of the molecule is O=[N+]([O-])c1cc([C@@H]2CCCN2)c(F)cc1Cl. The summed E-state index contributed by atoms with van der Waals surface area (Å²) in [4.78, 5) is 10.1. The summed E-state index contributed by atoms with van der Waals surface area (Å²) in [5.41, 5.74) is 0.0837. The highest BCUT2D eigenvalue weighted by molar-refractivity contribution is 6.32. The fourth-order valence-electron chi connectivity index (χ4n) is 1.91. The van der Waals surface area contributed by atoms with Crippen LogP contribution < -0.4 is 5.32 Å². The summed E-state index contributed by atoms with van der Waals surface area (Å²) < 4.78 is 13.6. The second-order valence-electron chi connectivity index (χ2n) is 3.73. The largest absolute Gasteiger partial charge is 0.310 e. The molecule has 4 nitrogen and oxygen atoms in total. The molecule has 1 aliphatic rings. The van der Waals surface area contributed by atoms with Crippen LogP contribution in [0.25, 0.3) is 0 Å². The van der Waals surface area contributed by atoms with Gasteiger partial charge < -0.3 is 5.32 Å². The fraction of sp³-hybridized carbons (Fsp3) is 0.400. The standard InChI is InChI=1S/C10H10ClFN2O2/c11-7-5-8(12)6(4-10(7)14(15)16)9-2-1-3-13-9/h4-5,9,13H,1-3H2/t9-/m0/s1. The molecule has 1 heterocycles. The molecule has 1 aromatic carbocycles. The Morgan fingerprint density at radius 2 is 2.31 bits per heavy atom. The van der Waals surface area contributed by atoms with Gasteiger partial charge in [-0.25, -0.2) is 4.39 Å². The second kappa shape index (κ2) is 4.35. The van der Waals surface area contributed by atoms with Crippen molar-refractivity contribution < 1.29 is 9.31 Å². The molecule has 0 spiro atoms. The van der Waals surface area contributed by atoms with Gasteiger partial charge in [0.05, 0.1) is 4.92 Å². The van der Waals surface area contributed by atoms with Gasteiger partial charge in [-0.1, -0.05) is 11.6 Å². The van der Waals surface area contributed by atoms with Crippen LogP contribution in [0.4, 0.5) is 10.1 Å². The van der Waals surface area contributed by atoms with Gasteiger partial charge in [-0.3, -0.25) is 10.1 Å². The Hall–Kier alpha value is -1.20. The molecular formula is C10H10ClFN2O2. The van der Waals surface area contributed by atoms with E-state index in [9.17, 15) is 14.5 Å². The van der Waals surface area contributed by atoms with Crippen LogP contribution in [0.3, 0.4) is 0 Å². The van der Waals surface area contributed by atoms with Crippen molar-refractivity contribution in [3.05, 3.63) is 38.7 Å². The number of nitrogens with zero attached hydrogens (tertiary/aromatic N) is 1. The van der Waals surface area contributed by atoms with Crippen LogP contribution in [0.1, 0.15) is 24.4 Å². The van der Waals surface area contributed by atoms with Crippen LogP contribution in [0, 0.1) is 15.9 Å². The third-order valence-corrected chi connectivity index (χ3v) is 3.00. The lowest BCUT2D eigenvalue weighted by Crippen LogP contribution is -2.14. The van der Waals surface area contributed by atoms with E-state index in [2.05, 4.69) is 5.32 Å². The molecule has 0 unspecified atom stereocenters. The molecule has 86 valence electrons. The minimum absolute atomic E-state index is 0.143. The number of halogens is 2. The van der Waals surface area contributed by atoms with Crippen LogP contribution in [-0.4, -0.2) is 11.5 Å². The number of nitro benzene ring substituents is 1. The van der Waals surface area contributed by atoms with Gasteiger partial charge in [-0.05, 0) is 25.5 Å². The molecule has 0 aliphatic carbocycles. The van der Waals surface area contributed by atoms with E-state index in [1.54, 1.807) is 0 Å². The number of benzene rings is 1. The highest BCUT2D eigenvalue weighted by Crippen LogP contribution is 2.33. The third-order valence-electron chi connectivity index (χ3n) is 2.70. The Bertz CT molecular complexity index is 433. The number of hydrogen-bond acceptors (Lipinski definition) is 3. The minimum Gasteiger partial charge on any atom is -0.310 e. The second-order valence-corrected chi connectivity index (χ2v) is 4.14. The van der Waals surface area contributed by atoms with Crippen molar-refractivity contribution in [1.29, 1.82) is 0 Å². The minimum atomic E-state index is -0.597. The number of rotatable bonds is 2. The predicted molar refractivity (Wildman–Crippen MR) is 58.0 cm³/mol. The number of nitrogens with one attached hydrogen (secondary N) is 1. The molecule has 6 heteroatoms. The van der Waals surface area contributed by atoms with Crippen molar-refractivity contribution in [3.8, 4) is 0 Å². The van der Waals surface area contributed by atoms with Crippen molar-refractivity contribution in [2.45, 2.75) is 18.9 Å². The first kappa shape index (κ1) is 11.3. The average molecular weight is 245 g/mol. The van der Waals surface area contributed by atoms with Gasteiger partial charge in [0.25, 0.3) is 5.69 Å². The summed E-state index contributed by atoms with van der Waals surface area (Å²) in [5.74, 6) is -0.491. The third kappa shape index (κ3) is 2.01. The van der Waals surface area contributed by atoms with E-state index in [1.807, 2.05) is 0 Å². The van der Waals surface area contributed by atoms with Crippen LogP contribution in [0.2, 0.25) is 5.02 Å². The normalized spacial score (nSPS) is 20.0. The smallest absolute Gasteiger partial charge is 0.288 e. The monoisotopic (exact) mass is 244 g/mol. The van der Waals surface area contributed by atoms with Gasteiger partial charge in [-0.15, -0.1) is 0 Å². The maximum atomic E-state index is 13.6. The van der Waals surface area contributed by atoms with Crippen molar-refractivity contribution in [1.82, 2.24) is 5.32 Å². The van der Waals surface area contributed by atoms with Crippen LogP contribution in [0.15, 0.2) is 12.1 Å². The van der Waals surface area contributed by atoms with Gasteiger partial charge in [0, 0.05) is 17.7 Å². The quantitative estimate of drug-likeness (QED) is 0.643. The highest BCUT2D eigenvalue weighted by Gasteiger charge is 2.24. The topological polar surface area (TPSA) is 55.2 Å². The summed E-state index contributed by atoms with van der Waals surface area (Å²) in [6.07, 6.45) is 1.73. The summed E-state index contributed by atoms with van der Waals surface area (Å²) in [5, 5.41) is 13.6. The van der Waals surface area contributed by atoms with E-state index < -0.39 is 10.7 Å². The molecule has 0 aromatic heterocycles. The molecule has 1 saturated heterocycles. The highest BCUT2D eigenvalue weighted by atomic mass is 35.5. The molecule has 0 amide bonds.